The van der Waals surface area contributed by atoms with Crippen LogP contribution >= 0.6 is 0 Å². The van der Waals surface area contributed by atoms with Gasteiger partial charge >= 0.3 is 0 Å². The van der Waals surface area contributed by atoms with Gasteiger partial charge in [-0.3, -0.25) is 4.79 Å². The van der Waals surface area contributed by atoms with Crippen molar-refractivity contribution in [2.45, 2.75) is 31.9 Å². The number of nitrogens with zero attached hydrogens (tertiary/aromatic N) is 1. The van der Waals surface area contributed by atoms with Crippen molar-refractivity contribution in [2.24, 2.45) is 5.73 Å². The molecule has 4 heteroatoms. The van der Waals surface area contributed by atoms with Crippen molar-refractivity contribution in [3.63, 3.8) is 0 Å². The summed E-state index contributed by atoms with van der Waals surface area (Å²) in [5.74, 6) is -0.0613. The van der Waals surface area contributed by atoms with E-state index in [0.29, 0.717) is 6.54 Å². The molecule has 1 rings (SSSR count). The van der Waals surface area contributed by atoms with E-state index in [-0.39, 0.29) is 12.0 Å². The molecular formula is C8H16N2O2. The summed E-state index contributed by atoms with van der Waals surface area (Å²) in [5.41, 5.74) is 5.44. The molecule has 0 spiro atoms. The van der Waals surface area contributed by atoms with Crippen molar-refractivity contribution in [1.29, 1.82) is 0 Å². The number of amides is 1. The Labute approximate surface area is 72.3 Å². The zero-order chi connectivity index (χ0) is 9.14. The first kappa shape index (κ1) is 9.48. The van der Waals surface area contributed by atoms with Crippen molar-refractivity contribution in [3.8, 4) is 0 Å². The molecule has 1 heterocycles. The van der Waals surface area contributed by atoms with Gasteiger partial charge in [-0.15, -0.1) is 0 Å². The Morgan fingerprint density at radius 2 is 2.42 bits per heavy atom. The number of piperidine rings is 1. The molecule has 0 aromatic heterocycles. The second kappa shape index (κ2) is 3.87. The van der Waals surface area contributed by atoms with Crippen molar-refractivity contribution in [2.75, 3.05) is 13.1 Å². The fourth-order valence-electron chi connectivity index (χ4n) is 1.44. The van der Waals surface area contributed by atoms with E-state index >= 15 is 0 Å². The summed E-state index contributed by atoms with van der Waals surface area (Å²) in [7, 11) is 0. The highest BCUT2D eigenvalue weighted by molar-refractivity contribution is 5.81. The molecule has 1 unspecified atom stereocenters. The Kier molecular flexibility index (Phi) is 3.05. The number of aliphatic hydroxyl groups excluding tert-OH is 1. The Morgan fingerprint density at radius 1 is 1.75 bits per heavy atom. The fraction of sp³-hybridized carbons (Fsp3) is 0.875. The van der Waals surface area contributed by atoms with Gasteiger partial charge in [0.25, 0.3) is 0 Å². The summed E-state index contributed by atoms with van der Waals surface area (Å²) in [6.07, 6.45) is 1.31. The molecule has 0 bridgehead atoms. The van der Waals surface area contributed by atoms with Gasteiger partial charge in [0.05, 0.1) is 12.1 Å². The van der Waals surface area contributed by atoms with E-state index in [2.05, 4.69) is 0 Å². The van der Waals surface area contributed by atoms with E-state index in [1.54, 1.807) is 11.8 Å². The molecule has 1 amide bonds. The number of rotatable bonds is 1. The van der Waals surface area contributed by atoms with Crippen molar-refractivity contribution >= 4 is 5.91 Å². The quantitative estimate of drug-likeness (QED) is 0.550. The van der Waals surface area contributed by atoms with Crippen LogP contribution in [0.15, 0.2) is 0 Å². The Bertz CT molecular complexity index is 170. The highest BCUT2D eigenvalue weighted by atomic mass is 16.3. The van der Waals surface area contributed by atoms with Crippen LogP contribution in [0, 0.1) is 0 Å². The van der Waals surface area contributed by atoms with Crippen LogP contribution in [0.4, 0.5) is 0 Å². The molecule has 1 aliphatic rings. The first-order valence-electron chi connectivity index (χ1n) is 4.33. The first-order chi connectivity index (χ1) is 5.61. The van der Waals surface area contributed by atoms with Crippen LogP contribution in [0.5, 0.6) is 0 Å². The van der Waals surface area contributed by atoms with Gasteiger partial charge in [-0.1, -0.05) is 0 Å². The van der Waals surface area contributed by atoms with Gasteiger partial charge in [-0.25, -0.2) is 0 Å². The number of carbonyl (C=O) groups is 1. The lowest BCUT2D eigenvalue weighted by Crippen LogP contribution is -2.48. The van der Waals surface area contributed by atoms with Gasteiger partial charge < -0.3 is 15.7 Å². The standard InChI is InChI=1S/C8H16N2O2/c1-6(9)8(12)10-4-2-3-7(11)5-10/h6-7,11H,2-5,9H2,1H3/t6-,7?/m1/s1. The van der Waals surface area contributed by atoms with E-state index in [1.165, 1.54) is 0 Å². The molecule has 3 N–H and O–H groups in total. The third-order valence-electron chi connectivity index (χ3n) is 2.10. The van der Waals surface area contributed by atoms with Crippen LogP contribution in [0.1, 0.15) is 19.8 Å². The predicted molar refractivity (Wildman–Crippen MR) is 45.5 cm³/mol. The summed E-state index contributed by atoms with van der Waals surface area (Å²) >= 11 is 0. The van der Waals surface area contributed by atoms with Crippen LogP contribution in [0.2, 0.25) is 0 Å². The van der Waals surface area contributed by atoms with Crippen LogP contribution in [0.3, 0.4) is 0 Å². The van der Waals surface area contributed by atoms with E-state index < -0.39 is 6.04 Å². The van der Waals surface area contributed by atoms with Crippen LogP contribution in [-0.2, 0) is 4.79 Å². The first-order valence-corrected chi connectivity index (χ1v) is 4.33. The maximum absolute atomic E-state index is 11.3. The van der Waals surface area contributed by atoms with Gasteiger partial charge in [0.2, 0.25) is 5.91 Å². The van der Waals surface area contributed by atoms with Gasteiger partial charge in [-0.2, -0.15) is 0 Å². The topological polar surface area (TPSA) is 66.6 Å². The lowest BCUT2D eigenvalue weighted by Gasteiger charge is -2.31. The number of hydrogen-bond donors (Lipinski definition) is 2. The smallest absolute Gasteiger partial charge is 0.239 e. The normalized spacial score (nSPS) is 26.9. The van der Waals surface area contributed by atoms with Crippen LogP contribution in [-0.4, -0.2) is 41.1 Å². The Balaban J connectivity index is 2.46. The Morgan fingerprint density at radius 3 is 2.92 bits per heavy atom. The summed E-state index contributed by atoms with van der Waals surface area (Å²) in [6, 6.07) is -0.449. The summed E-state index contributed by atoms with van der Waals surface area (Å²) in [5, 5.41) is 9.28. The molecule has 12 heavy (non-hydrogen) atoms. The van der Waals surface area contributed by atoms with E-state index in [1.807, 2.05) is 0 Å². The average Bonchev–Trinajstić information content (AvgIpc) is 2.03. The summed E-state index contributed by atoms with van der Waals surface area (Å²) in [6.45, 7) is 2.85. The van der Waals surface area contributed by atoms with Gasteiger partial charge in [0.15, 0.2) is 0 Å². The minimum absolute atomic E-state index is 0.0613. The molecule has 0 saturated carbocycles. The number of likely N-dealkylation sites (tertiary alicyclic amines) is 1. The summed E-state index contributed by atoms with van der Waals surface area (Å²) in [4.78, 5) is 13.0. The third-order valence-corrected chi connectivity index (χ3v) is 2.10. The zero-order valence-electron chi connectivity index (χ0n) is 7.36. The highest BCUT2D eigenvalue weighted by Crippen LogP contribution is 2.10. The fourth-order valence-corrected chi connectivity index (χ4v) is 1.44. The molecule has 1 fully saturated rings. The van der Waals surface area contributed by atoms with Crippen LogP contribution < -0.4 is 5.73 Å². The van der Waals surface area contributed by atoms with Gasteiger partial charge in [0.1, 0.15) is 0 Å². The second-order valence-corrected chi connectivity index (χ2v) is 3.37. The molecule has 0 aromatic rings. The van der Waals surface area contributed by atoms with Crippen molar-refractivity contribution < 1.29 is 9.90 Å². The number of carbonyl (C=O) groups excluding carboxylic acids is 1. The zero-order valence-corrected chi connectivity index (χ0v) is 7.36. The number of aliphatic hydroxyl groups is 1. The average molecular weight is 172 g/mol. The molecule has 2 atom stereocenters. The molecule has 1 aliphatic heterocycles. The second-order valence-electron chi connectivity index (χ2n) is 3.37. The van der Waals surface area contributed by atoms with E-state index in [0.717, 1.165) is 19.4 Å². The molecule has 0 radical (unpaired) electrons. The number of hydrogen-bond acceptors (Lipinski definition) is 3. The highest BCUT2D eigenvalue weighted by Gasteiger charge is 2.23. The van der Waals surface area contributed by atoms with Crippen LogP contribution in [0.25, 0.3) is 0 Å². The molecule has 1 saturated heterocycles. The minimum Gasteiger partial charge on any atom is -0.391 e. The molecular weight excluding hydrogens is 156 g/mol. The SMILES string of the molecule is C[C@@H](N)C(=O)N1CCCC(O)C1. The molecule has 70 valence electrons. The summed E-state index contributed by atoms with van der Waals surface area (Å²) < 4.78 is 0. The minimum atomic E-state index is -0.449. The van der Waals surface area contributed by atoms with Crippen molar-refractivity contribution in [1.82, 2.24) is 4.90 Å². The number of nitrogens with two attached hydrogens (primary N) is 1. The molecule has 4 nitrogen and oxygen atoms in total. The molecule has 0 aliphatic carbocycles. The Hall–Kier alpha value is -0.610. The third kappa shape index (κ3) is 2.19. The predicted octanol–water partition coefficient (Wildman–Crippen LogP) is -0.683. The van der Waals surface area contributed by atoms with Crippen molar-refractivity contribution in [3.05, 3.63) is 0 Å². The number of β-amino-alcohol motifs (C(OH)–C–C–N with tert-alkyl or cyclic N) is 1. The van der Waals surface area contributed by atoms with E-state index in [4.69, 9.17) is 5.73 Å². The largest absolute Gasteiger partial charge is 0.391 e. The lowest BCUT2D eigenvalue weighted by molar-refractivity contribution is -0.135. The van der Waals surface area contributed by atoms with Gasteiger partial charge in [0, 0.05) is 13.1 Å². The maximum Gasteiger partial charge on any atom is 0.239 e. The monoisotopic (exact) mass is 172 g/mol. The lowest BCUT2D eigenvalue weighted by atomic mass is 10.1. The van der Waals surface area contributed by atoms with E-state index in [9.17, 15) is 9.90 Å². The maximum atomic E-state index is 11.3. The van der Waals surface area contributed by atoms with Gasteiger partial charge in [-0.05, 0) is 19.8 Å². The molecule has 0 aromatic carbocycles.